The lowest BCUT2D eigenvalue weighted by atomic mass is 10.4. The summed E-state index contributed by atoms with van der Waals surface area (Å²) in [4.78, 5) is -1.31. The molecule has 0 amide bonds. The summed E-state index contributed by atoms with van der Waals surface area (Å²) in [5, 5.41) is 0. The molecule has 0 saturated heterocycles. The van der Waals surface area contributed by atoms with Crippen molar-refractivity contribution in [3.8, 4) is 0 Å². The summed E-state index contributed by atoms with van der Waals surface area (Å²) in [5.41, 5.74) is 0. The van der Waals surface area contributed by atoms with Crippen LogP contribution in [-0.2, 0) is 20.0 Å². The highest BCUT2D eigenvalue weighted by Crippen LogP contribution is 2.26. The van der Waals surface area contributed by atoms with Gasteiger partial charge in [0.2, 0.25) is 9.84 Å². The third kappa shape index (κ3) is 2.67. The predicted octanol–water partition coefficient (Wildman–Crippen LogP) is 1.57. The lowest BCUT2D eigenvalue weighted by Crippen LogP contribution is -2.09. The predicted molar refractivity (Wildman–Crippen MR) is 67.0 cm³/mol. The molecule has 0 fully saturated rings. The minimum atomic E-state index is -4.64. The van der Waals surface area contributed by atoms with Crippen LogP contribution in [0.15, 0.2) is 63.2 Å². The van der Waals surface area contributed by atoms with Crippen LogP contribution in [0.5, 0.6) is 0 Å². The van der Waals surface area contributed by atoms with Gasteiger partial charge in [0, 0.05) is 6.07 Å². The van der Waals surface area contributed by atoms with Gasteiger partial charge in [0.1, 0.15) is 9.79 Å². The van der Waals surface area contributed by atoms with Crippen molar-refractivity contribution in [2.75, 3.05) is 0 Å². The van der Waals surface area contributed by atoms with E-state index in [9.17, 15) is 16.8 Å². The molecule has 2 aromatic rings. The summed E-state index contributed by atoms with van der Waals surface area (Å²) >= 11 is 0. The molecule has 99 valence electrons. The zero-order chi connectivity index (χ0) is 14.1. The maximum absolute atomic E-state index is 12.3. The Kier molecular flexibility index (Phi) is 3.44. The first-order valence-corrected chi connectivity index (χ1v) is 8.04. The Balaban J connectivity index is 2.74. The highest BCUT2D eigenvalue weighted by Gasteiger charge is 2.26. The lowest BCUT2D eigenvalue weighted by molar-refractivity contribution is 0.479. The second-order valence-corrected chi connectivity index (χ2v) is 6.93. The van der Waals surface area contributed by atoms with Crippen molar-refractivity contribution in [2.45, 2.75) is 14.7 Å². The number of sulfone groups is 1. The topological polar surface area (TPSA) is 88.5 Å². The van der Waals surface area contributed by atoms with E-state index in [0.717, 1.165) is 6.07 Å². The van der Waals surface area contributed by atoms with E-state index < -0.39 is 29.7 Å². The molecule has 7 heteroatoms. The fourth-order valence-corrected chi connectivity index (χ4v) is 4.03. The Hall–Kier alpha value is -1.70. The molecule has 0 bridgehead atoms. The molecule has 0 aliphatic heterocycles. The van der Waals surface area contributed by atoms with Crippen molar-refractivity contribution in [2.24, 2.45) is 0 Å². The summed E-state index contributed by atoms with van der Waals surface area (Å²) in [6, 6.07) is 13.3. The first kappa shape index (κ1) is 13.7. The van der Waals surface area contributed by atoms with Crippen molar-refractivity contribution in [1.29, 1.82) is 0 Å². The molecule has 1 N–H and O–H groups in total. The molecule has 0 aliphatic rings. The molecule has 2 rings (SSSR count). The zero-order valence-electron chi connectivity index (χ0n) is 9.52. The smallest absolute Gasteiger partial charge is 0.282 e. The van der Waals surface area contributed by atoms with Crippen LogP contribution < -0.4 is 0 Å². The molecule has 1 radical (unpaired) electrons. The van der Waals surface area contributed by atoms with E-state index >= 15 is 0 Å². The van der Waals surface area contributed by atoms with Crippen LogP contribution in [0.1, 0.15) is 0 Å². The summed E-state index contributed by atoms with van der Waals surface area (Å²) in [6.07, 6.45) is 0. The van der Waals surface area contributed by atoms with Gasteiger partial charge in [-0.3, -0.25) is 4.55 Å². The van der Waals surface area contributed by atoms with Crippen LogP contribution in [-0.4, -0.2) is 21.4 Å². The van der Waals surface area contributed by atoms with Crippen molar-refractivity contribution < 1.29 is 21.4 Å². The molecule has 0 unspecified atom stereocenters. The van der Waals surface area contributed by atoms with Gasteiger partial charge in [-0.05, 0) is 18.2 Å². The van der Waals surface area contributed by atoms with Crippen LogP contribution in [0.4, 0.5) is 0 Å². The van der Waals surface area contributed by atoms with Crippen molar-refractivity contribution in [3.63, 3.8) is 0 Å². The first-order valence-electron chi connectivity index (χ1n) is 5.12. The zero-order valence-corrected chi connectivity index (χ0v) is 11.1. The first-order chi connectivity index (χ1) is 8.83. The summed E-state index contributed by atoms with van der Waals surface area (Å²) in [6.45, 7) is 0. The van der Waals surface area contributed by atoms with Crippen molar-refractivity contribution in [1.82, 2.24) is 0 Å². The minimum Gasteiger partial charge on any atom is -0.282 e. The molecule has 5 nitrogen and oxygen atoms in total. The highest BCUT2D eigenvalue weighted by atomic mass is 32.2. The number of benzene rings is 2. The number of hydrogen-bond donors (Lipinski definition) is 1. The number of hydrogen-bond acceptors (Lipinski definition) is 4. The van der Waals surface area contributed by atoms with Crippen molar-refractivity contribution in [3.05, 3.63) is 54.6 Å². The van der Waals surface area contributed by atoms with E-state index in [2.05, 4.69) is 6.07 Å². The molecule has 0 heterocycles. The maximum atomic E-state index is 12.3. The summed E-state index contributed by atoms with van der Waals surface area (Å²) in [7, 11) is -8.68. The molecule has 0 spiro atoms. The van der Waals surface area contributed by atoms with Gasteiger partial charge in [0.25, 0.3) is 10.1 Å². The molecular formula is C12H9O5S2. The van der Waals surface area contributed by atoms with E-state index in [1.165, 1.54) is 36.4 Å². The SMILES string of the molecule is O=S(=O)(O)c1ccc[c]c1S(=O)(=O)c1ccccc1. The lowest BCUT2D eigenvalue weighted by Gasteiger charge is -2.07. The fourth-order valence-electron chi connectivity index (χ4n) is 1.54. The van der Waals surface area contributed by atoms with Crippen LogP contribution in [0, 0.1) is 6.07 Å². The second-order valence-electron chi connectivity index (χ2n) is 3.66. The quantitative estimate of drug-likeness (QED) is 0.869. The van der Waals surface area contributed by atoms with E-state index in [0.29, 0.717) is 0 Å². The van der Waals surface area contributed by atoms with E-state index in [-0.39, 0.29) is 4.90 Å². The molecular weight excluding hydrogens is 288 g/mol. The van der Waals surface area contributed by atoms with Gasteiger partial charge in [-0.25, -0.2) is 8.42 Å². The molecule has 19 heavy (non-hydrogen) atoms. The Morgan fingerprint density at radius 2 is 1.53 bits per heavy atom. The van der Waals surface area contributed by atoms with Crippen LogP contribution >= 0.6 is 0 Å². The molecule has 0 saturated carbocycles. The Morgan fingerprint density at radius 3 is 2.11 bits per heavy atom. The Labute approximate surface area is 111 Å². The molecule has 0 aromatic heterocycles. The third-order valence-corrected chi connectivity index (χ3v) is 5.18. The largest absolute Gasteiger partial charge is 0.295 e. The van der Waals surface area contributed by atoms with Crippen LogP contribution in [0.2, 0.25) is 0 Å². The third-order valence-electron chi connectivity index (χ3n) is 2.38. The minimum absolute atomic E-state index is 0.0673. The normalized spacial score (nSPS) is 12.3. The van der Waals surface area contributed by atoms with Gasteiger partial charge >= 0.3 is 0 Å². The van der Waals surface area contributed by atoms with E-state index in [1.54, 1.807) is 6.07 Å². The second kappa shape index (κ2) is 4.76. The van der Waals surface area contributed by atoms with Gasteiger partial charge in [0.05, 0.1) is 4.90 Å². The molecule has 2 aromatic carbocycles. The molecule has 0 atom stereocenters. The van der Waals surface area contributed by atoms with Gasteiger partial charge in [-0.1, -0.05) is 30.3 Å². The number of rotatable bonds is 3. The average molecular weight is 297 g/mol. The van der Waals surface area contributed by atoms with Crippen LogP contribution in [0.25, 0.3) is 0 Å². The highest BCUT2D eigenvalue weighted by molar-refractivity contribution is 7.92. The van der Waals surface area contributed by atoms with Gasteiger partial charge in [-0.15, -0.1) is 0 Å². The van der Waals surface area contributed by atoms with Gasteiger partial charge in [0.15, 0.2) is 0 Å². The monoisotopic (exact) mass is 297 g/mol. The Morgan fingerprint density at radius 1 is 0.895 bits per heavy atom. The van der Waals surface area contributed by atoms with Gasteiger partial charge in [-0.2, -0.15) is 8.42 Å². The van der Waals surface area contributed by atoms with Crippen LogP contribution in [0.3, 0.4) is 0 Å². The standard InChI is InChI=1S/C12H9O5S2/c13-18(14,10-6-2-1-3-7-10)11-8-4-5-9-12(11)19(15,16)17/h1-7,9H,(H,15,16,17). The van der Waals surface area contributed by atoms with E-state index in [4.69, 9.17) is 4.55 Å². The molecule has 0 aliphatic carbocycles. The fraction of sp³-hybridized carbons (Fsp3) is 0. The Bertz CT molecular complexity index is 793. The average Bonchev–Trinajstić information content (AvgIpc) is 2.39. The summed E-state index contributed by atoms with van der Waals surface area (Å²) < 4.78 is 56.1. The van der Waals surface area contributed by atoms with E-state index in [1.807, 2.05) is 0 Å². The van der Waals surface area contributed by atoms with Gasteiger partial charge < -0.3 is 0 Å². The van der Waals surface area contributed by atoms with Crippen molar-refractivity contribution >= 4 is 20.0 Å². The summed E-state index contributed by atoms with van der Waals surface area (Å²) in [5.74, 6) is 0. The maximum Gasteiger partial charge on any atom is 0.295 e.